The minimum absolute atomic E-state index is 0. The minimum Gasteiger partial charge on any atom is -0.492 e. The Morgan fingerprint density at radius 1 is 1.21 bits per heavy atom. The van der Waals surface area contributed by atoms with Gasteiger partial charge in [-0.15, -0.1) is 12.4 Å². The first-order valence-electron chi connectivity index (χ1n) is 6.37. The van der Waals surface area contributed by atoms with E-state index in [1.165, 1.54) is 0 Å². The third-order valence-electron chi connectivity index (χ3n) is 3.31. The van der Waals surface area contributed by atoms with E-state index in [4.69, 9.17) is 4.74 Å². The molecule has 1 aliphatic rings. The molecule has 1 aromatic carbocycles. The quantitative estimate of drug-likeness (QED) is 0.768. The smallest absolute Gasteiger partial charge is 0.153 e. The first-order valence-corrected chi connectivity index (χ1v) is 6.37. The second-order valence-corrected chi connectivity index (χ2v) is 4.65. The lowest BCUT2D eigenvalue weighted by Gasteiger charge is -2.32. The number of hydrogen-bond donors (Lipinski definition) is 0. The van der Waals surface area contributed by atoms with Gasteiger partial charge in [0.2, 0.25) is 0 Å². The Kier molecular flexibility index (Phi) is 6.84. The van der Waals surface area contributed by atoms with Gasteiger partial charge in [-0.25, -0.2) is 0 Å². The summed E-state index contributed by atoms with van der Waals surface area (Å²) in [6.45, 7) is 5.97. The fourth-order valence-corrected chi connectivity index (χ4v) is 2.07. The van der Waals surface area contributed by atoms with E-state index in [-0.39, 0.29) is 12.4 Å². The highest BCUT2D eigenvalue weighted by Gasteiger charge is 2.13. The van der Waals surface area contributed by atoms with Crippen molar-refractivity contribution in [1.82, 2.24) is 9.80 Å². The van der Waals surface area contributed by atoms with E-state index < -0.39 is 0 Å². The topological polar surface area (TPSA) is 32.8 Å². The molecule has 5 heteroatoms. The number of likely N-dealkylation sites (N-methyl/N-ethyl adjacent to an activating group) is 1. The molecule has 0 aromatic heterocycles. The SMILES string of the molecule is CN1CCN(CCOc2ccccc2C=O)CC1.Cl. The van der Waals surface area contributed by atoms with E-state index in [0.717, 1.165) is 39.0 Å². The summed E-state index contributed by atoms with van der Waals surface area (Å²) < 4.78 is 5.67. The lowest BCUT2D eigenvalue weighted by molar-refractivity contribution is 0.111. The second-order valence-electron chi connectivity index (χ2n) is 4.65. The summed E-state index contributed by atoms with van der Waals surface area (Å²) in [5.74, 6) is 0.682. The maximum absolute atomic E-state index is 10.8. The molecule has 0 N–H and O–H groups in total. The van der Waals surface area contributed by atoms with Crippen LogP contribution < -0.4 is 4.74 Å². The van der Waals surface area contributed by atoms with Crippen molar-refractivity contribution in [2.24, 2.45) is 0 Å². The summed E-state index contributed by atoms with van der Waals surface area (Å²) in [6, 6.07) is 7.35. The number of aldehydes is 1. The van der Waals surface area contributed by atoms with Gasteiger partial charge < -0.3 is 9.64 Å². The van der Waals surface area contributed by atoms with Crippen molar-refractivity contribution in [3.8, 4) is 5.75 Å². The Labute approximate surface area is 120 Å². The van der Waals surface area contributed by atoms with Gasteiger partial charge in [0.1, 0.15) is 12.4 Å². The van der Waals surface area contributed by atoms with Crippen LogP contribution in [0.4, 0.5) is 0 Å². The summed E-state index contributed by atoms with van der Waals surface area (Å²) >= 11 is 0. The highest BCUT2D eigenvalue weighted by molar-refractivity contribution is 5.85. The fourth-order valence-electron chi connectivity index (χ4n) is 2.07. The molecule has 0 radical (unpaired) electrons. The summed E-state index contributed by atoms with van der Waals surface area (Å²) in [5, 5.41) is 0. The molecule has 0 spiro atoms. The average molecular weight is 285 g/mol. The zero-order chi connectivity index (χ0) is 12.8. The Morgan fingerprint density at radius 3 is 2.58 bits per heavy atom. The number of para-hydroxylation sites is 1. The van der Waals surface area contributed by atoms with E-state index in [2.05, 4.69) is 16.8 Å². The molecule has 1 fully saturated rings. The van der Waals surface area contributed by atoms with Crippen molar-refractivity contribution in [2.75, 3.05) is 46.4 Å². The summed E-state index contributed by atoms with van der Waals surface area (Å²) in [4.78, 5) is 15.6. The average Bonchev–Trinajstić information content (AvgIpc) is 2.41. The van der Waals surface area contributed by atoms with E-state index in [0.29, 0.717) is 17.9 Å². The van der Waals surface area contributed by atoms with Gasteiger partial charge in [0.05, 0.1) is 5.56 Å². The van der Waals surface area contributed by atoms with Crippen LogP contribution in [0.15, 0.2) is 24.3 Å². The molecule has 1 saturated heterocycles. The lowest BCUT2D eigenvalue weighted by Crippen LogP contribution is -2.45. The molecule has 4 nitrogen and oxygen atoms in total. The third kappa shape index (κ3) is 4.82. The normalized spacial score (nSPS) is 16.7. The van der Waals surface area contributed by atoms with Gasteiger partial charge in [-0.3, -0.25) is 9.69 Å². The predicted octanol–water partition coefficient (Wildman–Crippen LogP) is 1.55. The van der Waals surface area contributed by atoms with Crippen LogP contribution in [0, 0.1) is 0 Å². The number of hydrogen-bond acceptors (Lipinski definition) is 4. The van der Waals surface area contributed by atoms with Crippen LogP contribution >= 0.6 is 12.4 Å². The van der Waals surface area contributed by atoms with Gasteiger partial charge in [0.25, 0.3) is 0 Å². The number of nitrogens with zero attached hydrogens (tertiary/aromatic N) is 2. The van der Waals surface area contributed by atoms with Gasteiger partial charge in [-0.2, -0.15) is 0 Å². The lowest BCUT2D eigenvalue weighted by atomic mass is 10.2. The Morgan fingerprint density at radius 2 is 1.89 bits per heavy atom. The number of ether oxygens (including phenoxy) is 1. The van der Waals surface area contributed by atoms with Gasteiger partial charge in [0.15, 0.2) is 6.29 Å². The highest BCUT2D eigenvalue weighted by Crippen LogP contribution is 2.15. The van der Waals surface area contributed by atoms with Crippen LogP contribution in [0.5, 0.6) is 5.75 Å². The summed E-state index contributed by atoms with van der Waals surface area (Å²) in [5.41, 5.74) is 0.621. The maximum Gasteiger partial charge on any atom is 0.153 e. The molecule has 0 aliphatic carbocycles. The number of halogens is 1. The molecular formula is C14H21ClN2O2. The van der Waals surface area contributed by atoms with Gasteiger partial charge in [-0.1, -0.05) is 12.1 Å². The maximum atomic E-state index is 10.8. The molecule has 2 rings (SSSR count). The number of benzene rings is 1. The fraction of sp³-hybridized carbons (Fsp3) is 0.500. The van der Waals surface area contributed by atoms with E-state index in [1.807, 2.05) is 18.2 Å². The van der Waals surface area contributed by atoms with Crippen molar-refractivity contribution >= 4 is 18.7 Å². The molecule has 0 bridgehead atoms. The van der Waals surface area contributed by atoms with E-state index in [9.17, 15) is 4.79 Å². The third-order valence-corrected chi connectivity index (χ3v) is 3.31. The van der Waals surface area contributed by atoms with Crippen molar-refractivity contribution in [3.05, 3.63) is 29.8 Å². The van der Waals surface area contributed by atoms with Gasteiger partial charge >= 0.3 is 0 Å². The molecule has 1 aromatic rings. The molecule has 0 atom stereocenters. The number of carbonyl (C=O) groups is 1. The summed E-state index contributed by atoms with van der Waals surface area (Å²) in [6.07, 6.45) is 0.838. The van der Waals surface area contributed by atoms with Crippen molar-refractivity contribution in [1.29, 1.82) is 0 Å². The van der Waals surface area contributed by atoms with Crippen LogP contribution in [0.1, 0.15) is 10.4 Å². The second kappa shape index (κ2) is 8.15. The zero-order valence-corrected chi connectivity index (χ0v) is 12.1. The van der Waals surface area contributed by atoms with E-state index >= 15 is 0 Å². The Balaban J connectivity index is 0.00000180. The molecule has 0 saturated carbocycles. The monoisotopic (exact) mass is 284 g/mol. The standard InChI is InChI=1S/C14H20N2O2.ClH/c1-15-6-8-16(9-7-15)10-11-18-14-5-3-2-4-13(14)12-17;/h2-5,12H,6-11H2,1H3;1H. The Bertz CT molecular complexity index is 393. The minimum atomic E-state index is 0. The van der Waals surface area contributed by atoms with E-state index in [1.54, 1.807) is 6.07 Å². The number of piperazine rings is 1. The van der Waals surface area contributed by atoms with Crippen LogP contribution in [0.2, 0.25) is 0 Å². The number of carbonyl (C=O) groups excluding carboxylic acids is 1. The molecule has 0 unspecified atom stereocenters. The first-order chi connectivity index (χ1) is 8.79. The van der Waals surface area contributed by atoms with Crippen molar-refractivity contribution < 1.29 is 9.53 Å². The summed E-state index contributed by atoms with van der Waals surface area (Å²) in [7, 11) is 2.15. The molecular weight excluding hydrogens is 264 g/mol. The zero-order valence-electron chi connectivity index (χ0n) is 11.2. The molecule has 1 heterocycles. The van der Waals surface area contributed by atoms with Gasteiger partial charge in [0, 0.05) is 32.7 Å². The molecule has 106 valence electrons. The van der Waals surface area contributed by atoms with Crippen molar-refractivity contribution in [3.63, 3.8) is 0 Å². The van der Waals surface area contributed by atoms with Gasteiger partial charge in [-0.05, 0) is 19.2 Å². The first kappa shape index (κ1) is 16.0. The Hall–Kier alpha value is -1.10. The number of rotatable bonds is 5. The molecule has 1 aliphatic heterocycles. The van der Waals surface area contributed by atoms with Crippen LogP contribution in [-0.2, 0) is 0 Å². The molecule has 0 amide bonds. The van der Waals surface area contributed by atoms with Crippen LogP contribution in [0.25, 0.3) is 0 Å². The predicted molar refractivity (Wildman–Crippen MR) is 78.5 cm³/mol. The van der Waals surface area contributed by atoms with Crippen LogP contribution in [0.3, 0.4) is 0 Å². The highest BCUT2D eigenvalue weighted by atomic mass is 35.5. The molecule has 19 heavy (non-hydrogen) atoms. The van der Waals surface area contributed by atoms with Crippen LogP contribution in [-0.4, -0.2) is 62.5 Å². The van der Waals surface area contributed by atoms with Crippen molar-refractivity contribution in [2.45, 2.75) is 0 Å². The largest absolute Gasteiger partial charge is 0.492 e.